The largest absolute Gasteiger partial charge is 0.352 e. The lowest BCUT2D eigenvalue weighted by Crippen LogP contribution is -2.48. The van der Waals surface area contributed by atoms with Crippen LogP contribution in [0.25, 0.3) is 11.0 Å². The lowest BCUT2D eigenvalue weighted by molar-refractivity contribution is -0.123. The minimum Gasteiger partial charge on any atom is -0.352 e. The Morgan fingerprint density at radius 1 is 1.25 bits per heavy atom. The van der Waals surface area contributed by atoms with E-state index in [0.29, 0.717) is 5.92 Å². The van der Waals surface area contributed by atoms with Crippen LogP contribution in [0.1, 0.15) is 46.5 Å². The summed E-state index contributed by atoms with van der Waals surface area (Å²) in [5.74, 6) is 0.401. The molecule has 0 bridgehead atoms. The van der Waals surface area contributed by atoms with Gasteiger partial charge in [0.1, 0.15) is 6.54 Å². The molecule has 1 aliphatic rings. The smallest absolute Gasteiger partial charge is 0.326 e. The van der Waals surface area contributed by atoms with Gasteiger partial charge in [0.15, 0.2) is 0 Å². The van der Waals surface area contributed by atoms with E-state index in [1.165, 1.54) is 11.0 Å². The monoisotopic (exact) mass is 329 g/mol. The molecule has 2 N–H and O–H groups in total. The van der Waals surface area contributed by atoms with Crippen LogP contribution in [0.3, 0.4) is 0 Å². The van der Waals surface area contributed by atoms with Gasteiger partial charge in [0.25, 0.3) is 0 Å². The number of hydrogen-bond acceptors (Lipinski definition) is 2. The Balaban J connectivity index is 1.75. The second-order valence-corrected chi connectivity index (χ2v) is 7.96. The van der Waals surface area contributed by atoms with Crippen LogP contribution in [0.5, 0.6) is 0 Å². The molecule has 24 heavy (non-hydrogen) atoms. The van der Waals surface area contributed by atoms with Crippen molar-refractivity contribution < 1.29 is 4.79 Å². The number of nitrogens with one attached hydrogen (secondary N) is 2. The van der Waals surface area contributed by atoms with Gasteiger partial charge >= 0.3 is 5.69 Å². The van der Waals surface area contributed by atoms with Crippen LogP contribution in [-0.4, -0.2) is 21.5 Å². The summed E-state index contributed by atoms with van der Waals surface area (Å²) in [6, 6.07) is 7.66. The number of imidazole rings is 1. The van der Waals surface area contributed by atoms with E-state index >= 15 is 0 Å². The van der Waals surface area contributed by atoms with Crippen LogP contribution in [0, 0.1) is 11.3 Å². The summed E-state index contributed by atoms with van der Waals surface area (Å²) in [4.78, 5) is 27.5. The molecule has 2 aromatic rings. The maximum absolute atomic E-state index is 12.6. The summed E-state index contributed by atoms with van der Waals surface area (Å²) < 4.78 is 1.51. The number of hydrogen-bond donors (Lipinski definition) is 2. The van der Waals surface area contributed by atoms with Crippen LogP contribution >= 0.6 is 0 Å². The van der Waals surface area contributed by atoms with Gasteiger partial charge in [0.2, 0.25) is 5.91 Å². The van der Waals surface area contributed by atoms with Gasteiger partial charge < -0.3 is 10.3 Å². The van der Waals surface area contributed by atoms with Crippen molar-refractivity contribution in [2.75, 3.05) is 0 Å². The second-order valence-electron chi connectivity index (χ2n) is 7.96. The standard InChI is InChI=1S/C19H27N3O2/c1-19(2,3)13-8-4-5-9-14(13)20-17(23)12-22-16-11-7-6-10-15(16)21-18(22)24/h6-7,10-11,13-14H,4-5,8-9,12H2,1-3H3,(H,20,23)(H,21,24). The van der Waals surface area contributed by atoms with Gasteiger partial charge in [0, 0.05) is 6.04 Å². The Bertz CT molecular complexity index is 782. The van der Waals surface area contributed by atoms with Crippen LogP contribution in [0.4, 0.5) is 0 Å². The van der Waals surface area contributed by atoms with Crippen LogP contribution in [0.15, 0.2) is 29.1 Å². The average molecular weight is 329 g/mol. The Labute approximate surface area is 142 Å². The highest BCUT2D eigenvalue weighted by Crippen LogP contribution is 2.37. The SMILES string of the molecule is CC(C)(C)C1CCCCC1NC(=O)Cn1c(=O)[nH]c2ccccc21. The normalized spacial score (nSPS) is 21.8. The number of amides is 1. The van der Waals surface area contributed by atoms with Crippen molar-refractivity contribution in [1.82, 2.24) is 14.9 Å². The van der Waals surface area contributed by atoms with Gasteiger partial charge in [-0.15, -0.1) is 0 Å². The number of aromatic amines is 1. The molecule has 130 valence electrons. The number of benzene rings is 1. The molecule has 2 unspecified atom stereocenters. The first-order valence-corrected chi connectivity index (χ1v) is 8.83. The Kier molecular flexibility index (Phi) is 4.52. The summed E-state index contributed by atoms with van der Waals surface area (Å²) in [5, 5.41) is 3.19. The number of para-hydroxylation sites is 2. The quantitative estimate of drug-likeness (QED) is 0.909. The maximum Gasteiger partial charge on any atom is 0.326 e. The third kappa shape index (κ3) is 3.40. The number of nitrogens with zero attached hydrogens (tertiary/aromatic N) is 1. The molecule has 1 heterocycles. The fraction of sp³-hybridized carbons (Fsp3) is 0.579. The first-order valence-electron chi connectivity index (χ1n) is 8.83. The molecule has 3 rings (SSSR count). The van der Waals surface area contributed by atoms with Crippen molar-refractivity contribution in [3.8, 4) is 0 Å². The maximum atomic E-state index is 12.6. The number of carbonyl (C=O) groups is 1. The van der Waals surface area contributed by atoms with Gasteiger partial charge in [-0.2, -0.15) is 0 Å². The lowest BCUT2D eigenvalue weighted by Gasteiger charge is -2.40. The van der Waals surface area contributed by atoms with E-state index < -0.39 is 0 Å². The van der Waals surface area contributed by atoms with E-state index in [1.807, 2.05) is 24.3 Å². The molecule has 5 heteroatoms. The highest BCUT2D eigenvalue weighted by atomic mass is 16.2. The third-order valence-electron chi connectivity index (χ3n) is 5.21. The first-order chi connectivity index (χ1) is 11.4. The van der Waals surface area contributed by atoms with Gasteiger partial charge in [0.05, 0.1) is 11.0 Å². The predicted molar refractivity (Wildman–Crippen MR) is 95.9 cm³/mol. The van der Waals surface area contributed by atoms with Gasteiger partial charge in [-0.3, -0.25) is 9.36 Å². The van der Waals surface area contributed by atoms with E-state index in [1.54, 1.807) is 0 Å². The number of H-pyrrole nitrogens is 1. The molecule has 2 atom stereocenters. The van der Waals surface area contributed by atoms with Crippen LogP contribution in [0.2, 0.25) is 0 Å². The summed E-state index contributed by atoms with van der Waals surface area (Å²) in [6.07, 6.45) is 4.57. The molecule has 1 amide bonds. The van der Waals surface area contributed by atoms with Crippen molar-refractivity contribution in [3.63, 3.8) is 0 Å². The molecular weight excluding hydrogens is 302 g/mol. The van der Waals surface area contributed by atoms with Crippen molar-refractivity contribution >= 4 is 16.9 Å². The highest BCUT2D eigenvalue weighted by Gasteiger charge is 2.34. The van der Waals surface area contributed by atoms with Crippen LogP contribution < -0.4 is 11.0 Å². The molecule has 0 saturated heterocycles. The number of rotatable bonds is 3. The van der Waals surface area contributed by atoms with Crippen molar-refractivity contribution in [1.29, 1.82) is 0 Å². The summed E-state index contributed by atoms with van der Waals surface area (Å²) in [6.45, 7) is 6.79. The molecule has 1 saturated carbocycles. The molecule has 1 aromatic heterocycles. The molecule has 5 nitrogen and oxygen atoms in total. The van der Waals surface area contributed by atoms with E-state index in [2.05, 4.69) is 31.1 Å². The first kappa shape index (κ1) is 16.8. The van der Waals surface area contributed by atoms with E-state index in [4.69, 9.17) is 0 Å². The third-order valence-corrected chi connectivity index (χ3v) is 5.21. The fourth-order valence-electron chi connectivity index (χ4n) is 4.00. The van der Waals surface area contributed by atoms with E-state index in [-0.39, 0.29) is 29.6 Å². The van der Waals surface area contributed by atoms with Crippen molar-refractivity contribution in [3.05, 3.63) is 34.7 Å². The van der Waals surface area contributed by atoms with Gasteiger partial charge in [-0.25, -0.2) is 4.79 Å². The Morgan fingerprint density at radius 2 is 1.96 bits per heavy atom. The summed E-state index contributed by atoms with van der Waals surface area (Å²) in [7, 11) is 0. The fourth-order valence-corrected chi connectivity index (χ4v) is 4.00. The average Bonchev–Trinajstić information content (AvgIpc) is 2.83. The van der Waals surface area contributed by atoms with E-state index in [0.717, 1.165) is 30.3 Å². The zero-order valence-corrected chi connectivity index (χ0v) is 14.8. The van der Waals surface area contributed by atoms with Gasteiger partial charge in [-0.1, -0.05) is 45.7 Å². The van der Waals surface area contributed by atoms with Crippen molar-refractivity contribution in [2.45, 2.75) is 59.0 Å². The molecule has 1 aliphatic carbocycles. The molecule has 0 radical (unpaired) electrons. The predicted octanol–water partition coefficient (Wildman–Crippen LogP) is 3.05. The number of carbonyl (C=O) groups excluding carboxylic acids is 1. The molecule has 0 aliphatic heterocycles. The van der Waals surface area contributed by atoms with Crippen LogP contribution in [-0.2, 0) is 11.3 Å². The minimum absolute atomic E-state index is 0.0657. The summed E-state index contributed by atoms with van der Waals surface area (Å²) >= 11 is 0. The summed E-state index contributed by atoms with van der Waals surface area (Å²) in [5.41, 5.74) is 1.48. The lowest BCUT2D eigenvalue weighted by atomic mass is 9.69. The van der Waals surface area contributed by atoms with Gasteiger partial charge in [-0.05, 0) is 36.3 Å². The Hall–Kier alpha value is -2.04. The highest BCUT2D eigenvalue weighted by molar-refractivity contribution is 5.80. The minimum atomic E-state index is -0.234. The second kappa shape index (κ2) is 6.46. The number of aromatic nitrogens is 2. The number of fused-ring (bicyclic) bond motifs is 1. The topological polar surface area (TPSA) is 66.9 Å². The molecular formula is C19H27N3O2. The Morgan fingerprint density at radius 3 is 2.71 bits per heavy atom. The van der Waals surface area contributed by atoms with E-state index in [9.17, 15) is 9.59 Å². The zero-order valence-electron chi connectivity index (χ0n) is 14.8. The molecule has 1 fully saturated rings. The zero-order chi connectivity index (χ0) is 17.3. The molecule has 0 spiro atoms. The van der Waals surface area contributed by atoms with Crippen molar-refractivity contribution in [2.24, 2.45) is 11.3 Å². The molecule has 1 aromatic carbocycles.